The van der Waals surface area contributed by atoms with Gasteiger partial charge in [0.15, 0.2) is 0 Å². The van der Waals surface area contributed by atoms with Crippen molar-refractivity contribution in [1.29, 1.82) is 0 Å². The predicted molar refractivity (Wildman–Crippen MR) is 112 cm³/mol. The fraction of sp³-hybridized carbons (Fsp3) is 0.318. The normalized spacial score (nSPS) is 21.1. The number of aryl methyl sites for hydroxylation is 1. The zero-order chi connectivity index (χ0) is 21.3. The number of ether oxygens (including phenoxy) is 1. The van der Waals surface area contributed by atoms with Crippen LogP contribution in [0.25, 0.3) is 10.8 Å². The van der Waals surface area contributed by atoms with Crippen LogP contribution in [0.4, 0.5) is 0 Å². The molecule has 2 heterocycles. The highest BCUT2D eigenvalue weighted by atomic mass is 16.5. The van der Waals surface area contributed by atoms with Crippen LogP contribution in [0.3, 0.4) is 0 Å². The van der Waals surface area contributed by atoms with Crippen molar-refractivity contribution < 1.29 is 14.6 Å². The van der Waals surface area contributed by atoms with Crippen LogP contribution in [0, 0.1) is 0 Å². The van der Waals surface area contributed by atoms with Gasteiger partial charge < -0.3 is 15.2 Å². The monoisotopic (exact) mass is 409 g/mol. The minimum absolute atomic E-state index is 0.0993. The van der Waals surface area contributed by atoms with Crippen molar-refractivity contribution in [3.63, 3.8) is 0 Å². The van der Waals surface area contributed by atoms with Crippen LogP contribution in [0.1, 0.15) is 35.5 Å². The first-order valence-electron chi connectivity index (χ1n) is 9.91. The van der Waals surface area contributed by atoms with Crippen molar-refractivity contribution in [3.05, 3.63) is 80.6 Å². The molecule has 1 amide bonds. The van der Waals surface area contributed by atoms with E-state index >= 15 is 0 Å². The lowest BCUT2D eigenvalue weighted by molar-refractivity contribution is -0.0187. The summed E-state index contributed by atoms with van der Waals surface area (Å²) >= 11 is 0. The van der Waals surface area contributed by atoms with Gasteiger partial charge in [-0.1, -0.05) is 37.3 Å². The molecule has 0 saturated carbocycles. The van der Waals surface area contributed by atoms with Gasteiger partial charge in [-0.15, -0.1) is 0 Å². The summed E-state index contributed by atoms with van der Waals surface area (Å²) in [5.74, 6) is -0.269. The SMILES string of the molecule is CCc1cn([C@H]2C[C@H](O)[C@@H](CNC(=O)c3ccc4ccccc4c3)O2)c(=O)[nH]c1=O. The average molecular weight is 409 g/mol. The highest BCUT2D eigenvalue weighted by Gasteiger charge is 2.35. The van der Waals surface area contributed by atoms with Gasteiger partial charge >= 0.3 is 5.69 Å². The van der Waals surface area contributed by atoms with Crippen LogP contribution < -0.4 is 16.6 Å². The number of carbonyl (C=O) groups excluding carboxylic acids is 1. The number of aliphatic hydroxyl groups excluding tert-OH is 1. The number of nitrogens with zero attached hydrogens (tertiary/aromatic N) is 1. The topological polar surface area (TPSA) is 113 Å². The maximum Gasteiger partial charge on any atom is 0.330 e. The van der Waals surface area contributed by atoms with Gasteiger partial charge in [0, 0.05) is 30.3 Å². The largest absolute Gasteiger partial charge is 0.390 e. The van der Waals surface area contributed by atoms with Crippen molar-refractivity contribution in [1.82, 2.24) is 14.9 Å². The molecule has 1 fully saturated rings. The quantitative estimate of drug-likeness (QED) is 0.588. The number of rotatable bonds is 5. The molecular formula is C22H23N3O5. The molecule has 30 heavy (non-hydrogen) atoms. The second-order valence-corrected chi connectivity index (χ2v) is 7.38. The van der Waals surface area contributed by atoms with Gasteiger partial charge in [0.05, 0.1) is 6.10 Å². The van der Waals surface area contributed by atoms with Crippen LogP contribution >= 0.6 is 0 Å². The predicted octanol–water partition coefficient (Wildman–Crippen LogP) is 1.33. The number of fused-ring (bicyclic) bond motifs is 1. The van der Waals surface area contributed by atoms with Gasteiger partial charge in [-0.25, -0.2) is 4.79 Å². The Bertz CT molecular complexity index is 1200. The maximum absolute atomic E-state index is 12.5. The fourth-order valence-electron chi connectivity index (χ4n) is 3.69. The lowest BCUT2D eigenvalue weighted by Gasteiger charge is -2.17. The van der Waals surface area contributed by atoms with Gasteiger partial charge in [0.2, 0.25) is 0 Å². The van der Waals surface area contributed by atoms with Crippen LogP contribution in [-0.2, 0) is 11.2 Å². The van der Waals surface area contributed by atoms with Crippen LogP contribution in [-0.4, -0.2) is 39.3 Å². The molecule has 0 aliphatic carbocycles. The third-order valence-electron chi connectivity index (χ3n) is 5.41. The van der Waals surface area contributed by atoms with Crippen LogP contribution in [0.15, 0.2) is 58.3 Å². The lowest BCUT2D eigenvalue weighted by atomic mass is 10.1. The van der Waals surface area contributed by atoms with E-state index in [0.29, 0.717) is 17.5 Å². The Hall–Kier alpha value is -3.23. The summed E-state index contributed by atoms with van der Waals surface area (Å²) in [6.07, 6.45) is -0.104. The summed E-state index contributed by atoms with van der Waals surface area (Å²) in [6.45, 7) is 1.91. The summed E-state index contributed by atoms with van der Waals surface area (Å²) < 4.78 is 7.10. The Kier molecular flexibility index (Phi) is 5.52. The van der Waals surface area contributed by atoms with Crippen LogP contribution in [0.2, 0.25) is 0 Å². The Labute approximate surface area is 172 Å². The summed E-state index contributed by atoms with van der Waals surface area (Å²) in [4.78, 5) is 38.7. The maximum atomic E-state index is 12.5. The third kappa shape index (κ3) is 3.92. The zero-order valence-corrected chi connectivity index (χ0v) is 16.5. The number of hydrogen-bond donors (Lipinski definition) is 3. The number of nitrogens with one attached hydrogen (secondary N) is 2. The molecule has 0 unspecified atom stereocenters. The Balaban J connectivity index is 1.44. The minimum atomic E-state index is -0.851. The van der Waals surface area contributed by atoms with Crippen molar-refractivity contribution in [2.75, 3.05) is 6.54 Å². The van der Waals surface area contributed by atoms with Crippen molar-refractivity contribution in [2.45, 2.75) is 38.2 Å². The molecule has 3 aromatic rings. The molecule has 2 aromatic carbocycles. The third-order valence-corrected chi connectivity index (χ3v) is 5.41. The van der Waals surface area contributed by atoms with E-state index < -0.39 is 29.7 Å². The van der Waals surface area contributed by atoms with Crippen LogP contribution in [0.5, 0.6) is 0 Å². The molecule has 1 aromatic heterocycles. The molecule has 156 valence electrons. The molecule has 3 atom stereocenters. The number of benzene rings is 2. The molecule has 0 bridgehead atoms. The number of H-pyrrole nitrogens is 1. The first-order chi connectivity index (χ1) is 14.5. The average Bonchev–Trinajstić information content (AvgIpc) is 3.12. The van der Waals surface area contributed by atoms with Gasteiger partial charge in [-0.2, -0.15) is 0 Å². The van der Waals surface area contributed by atoms with E-state index in [2.05, 4.69) is 10.3 Å². The molecule has 1 aliphatic rings. The fourth-order valence-corrected chi connectivity index (χ4v) is 3.69. The van der Waals surface area contributed by atoms with E-state index in [9.17, 15) is 19.5 Å². The van der Waals surface area contributed by atoms with E-state index in [-0.39, 0.29) is 18.9 Å². The molecular weight excluding hydrogens is 386 g/mol. The van der Waals surface area contributed by atoms with Crippen molar-refractivity contribution in [3.8, 4) is 0 Å². The Morgan fingerprint density at radius 1 is 1.23 bits per heavy atom. The zero-order valence-electron chi connectivity index (χ0n) is 16.5. The smallest absolute Gasteiger partial charge is 0.330 e. The summed E-state index contributed by atoms with van der Waals surface area (Å²) in [7, 11) is 0. The molecule has 8 nitrogen and oxygen atoms in total. The van der Waals surface area contributed by atoms with Gasteiger partial charge in [0.1, 0.15) is 12.3 Å². The Morgan fingerprint density at radius 2 is 2.00 bits per heavy atom. The van der Waals surface area contributed by atoms with E-state index in [4.69, 9.17) is 4.74 Å². The lowest BCUT2D eigenvalue weighted by Crippen LogP contribution is -2.37. The number of carbonyl (C=O) groups is 1. The molecule has 1 saturated heterocycles. The second kappa shape index (κ2) is 8.25. The molecule has 0 spiro atoms. The standard InChI is InChI=1S/C22H23N3O5/c1-2-13-12-25(22(29)24-21(13)28)19-10-17(26)18(30-19)11-23-20(27)16-8-7-14-5-3-4-6-15(14)9-16/h3-9,12,17-19,26H,2,10-11H2,1H3,(H,23,27)(H,24,28,29)/t17-,18+,19+/m0/s1. The van der Waals surface area contributed by atoms with Gasteiger partial charge in [-0.3, -0.25) is 19.1 Å². The summed E-state index contributed by atoms with van der Waals surface area (Å²) in [5.41, 5.74) is -0.0327. The first kappa shape index (κ1) is 20.1. The highest BCUT2D eigenvalue weighted by molar-refractivity contribution is 5.98. The van der Waals surface area contributed by atoms with Crippen molar-refractivity contribution in [2.24, 2.45) is 0 Å². The summed E-state index contributed by atoms with van der Waals surface area (Å²) in [5, 5.41) is 15.1. The summed E-state index contributed by atoms with van der Waals surface area (Å²) in [6, 6.07) is 13.2. The van der Waals surface area contributed by atoms with Crippen molar-refractivity contribution >= 4 is 16.7 Å². The minimum Gasteiger partial charge on any atom is -0.390 e. The highest BCUT2D eigenvalue weighted by Crippen LogP contribution is 2.27. The van der Waals surface area contributed by atoms with E-state index in [0.717, 1.165) is 10.8 Å². The molecule has 1 aliphatic heterocycles. The first-order valence-corrected chi connectivity index (χ1v) is 9.91. The van der Waals surface area contributed by atoms with E-state index in [1.807, 2.05) is 43.3 Å². The van der Waals surface area contributed by atoms with E-state index in [1.54, 1.807) is 6.07 Å². The molecule has 8 heteroatoms. The van der Waals surface area contributed by atoms with Gasteiger partial charge in [0.25, 0.3) is 11.5 Å². The van der Waals surface area contributed by atoms with E-state index in [1.165, 1.54) is 10.8 Å². The number of amides is 1. The second-order valence-electron chi connectivity index (χ2n) is 7.38. The number of hydrogen-bond acceptors (Lipinski definition) is 5. The Morgan fingerprint density at radius 3 is 2.77 bits per heavy atom. The molecule has 3 N–H and O–H groups in total. The van der Waals surface area contributed by atoms with Gasteiger partial charge in [-0.05, 0) is 29.3 Å². The molecule has 0 radical (unpaired) electrons. The number of aromatic amines is 1. The molecule has 4 rings (SSSR count). The number of aromatic nitrogens is 2. The number of aliphatic hydroxyl groups is 1.